The number of carbonyl (C=O) groups is 3. The summed E-state index contributed by atoms with van der Waals surface area (Å²) < 4.78 is 23.1. The molecule has 2 aromatic rings. The molecule has 8 heteroatoms. The van der Waals surface area contributed by atoms with E-state index in [1.165, 1.54) is 13.2 Å². The van der Waals surface area contributed by atoms with Crippen LogP contribution in [0.25, 0.3) is 0 Å². The molecule has 2 rings (SSSR count). The fourth-order valence-corrected chi connectivity index (χ4v) is 2.46. The molecule has 142 valence electrons. The van der Waals surface area contributed by atoms with Crippen molar-refractivity contribution in [1.29, 1.82) is 0 Å². The monoisotopic (exact) mass is 393 g/mol. The number of carbonyl (C=O) groups excluding carboxylic acids is 3. The molecule has 0 aliphatic heterocycles. The lowest BCUT2D eigenvalue weighted by Gasteiger charge is -2.16. The zero-order valence-corrected chi connectivity index (χ0v) is 15.2. The number of hydrogen-bond acceptors (Lipinski definition) is 5. The molecule has 1 amide bonds. The summed E-state index contributed by atoms with van der Waals surface area (Å²) in [4.78, 5) is 35.8. The van der Waals surface area contributed by atoms with Gasteiger partial charge in [0.2, 0.25) is 0 Å². The molecule has 1 N–H and O–H groups in total. The third-order valence-corrected chi connectivity index (χ3v) is 3.82. The number of halogens is 2. The minimum absolute atomic E-state index is 0.154. The van der Waals surface area contributed by atoms with Crippen LogP contribution in [0, 0.1) is 5.82 Å². The number of rotatable bonds is 7. The van der Waals surface area contributed by atoms with Gasteiger partial charge in [0.05, 0.1) is 12.7 Å². The largest absolute Gasteiger partial charge is 0.467 e. The van der Waals surface area contributed by atoms with Crippen LogP contribution < -0.4 is 5.32 Å². The van der Waals surface area contributed by atoms with Gasteiger partial charge in [-0.15, -0.1) is 0 Å². The Bertz CT molecular complexity index is 828. The van der Waals surface area contributed by atoms with Crippen molar-refractivity contribution in [1.82, 2.24) is 5.32 Å². The third kappa shape index (κ3) is 6.07. The fourth-order valence-electron chi connectivity index (χ4n) is 2.28. The summed E-state index contributed by atoms with van der Waals surface area (Å²) in [6.07, 6.45) is 0.204. The Balaban J connectivity index is 1.96. The van der Waals surface area contributed by atoms with Crippen LogP contribution in [0.1, 0.15) is 15.9 Å². The quantitative estimate of drug-likeness (QED) is 0.731. The summed E-state index contributed by atoms with van der Waals surface area (Å²) in [5.41, 5.74) is 0.426. The summed E-state index contributed by atoms with van der Waals surface area (Å²) in [5, 5.41) is 2.59. The van der Waals surface area contributed by atoms with Gasteiger partial charge in [0, 0.05) is 11.4 Å². The Morgan fingerprint density at radius 1 is 1.15 bits per heavy atom. The van der Waals surface area contributed by atoms with Gasteiger partial charge in [-0.3, -0.25) is 4.79 Å². The first-order chi connectivity index (χ1) is 12.9. The molecular weight excluding hydrogens is 377 g/mol. The van der Waals surface area contributed by atoms with Gasteiger partial charge in [-0.05, 0) is 23.8 Å². The molecule has 0 spiro atoms. The molecule has 0 aliphatic rings. The van der Waals surface area contributed by atoms with E-state index in [0.717, 1.165) is 17.7 Å². The van der Waals surface area contributed by atoms with E-state index >= 15 is 0 Å². The summed E-state index contributed by atoms with van der Waals surface area (Å²) >= 11 is 5.72. The molecule has 0 heterocycles. The van der Waals surface area contributed by atoms with Gasteiger partial charge >= 0.3 is 11.9 Å². The van der Waals surface area contributed by atoms with Gasteiger partial charge in [0.25, 0.3) is 5.91 Å². The predicted octanol–water partition coefficient (Wildman–Crippen LogP) is 2.54. The molecule has 0 aromatic heterocycles. The minimum atomic E-state index is -1.04. The Morgan fingerprint density at radius 3 is 2.52 bits per heavy atom. The minimum Gasteiger partial charge on any atom is -0.467 e. The standard InChI is InChI=1S/C19H17ClFNO5/c1-26-19(25)16(9-12-5-3-2-4-6-12)22-17(23)11-27-18(24)14-10-13(20)7-8-15(14)21/h2-8,10,16H,9,11H2,1H3,(H,22,23)/t16-/m1/s1. The van der Waals surface area contributed by atoms with Crippen molar-refractivity contribution in [2.45, 2.75) is 12.5 Å². The molecule has 0 unspecified atom stereocenters. The Kier molecular flexibility index (Phi) is 7.31. The maximum atomic E-state index is 13.6. The van der Waals surface area contributed by atoms with Gasteiger partial charge in [0.1, 0.15) is 11.9 Å². The van der Waals surface area contributed by atoms with Crippen molar-refractivity contribution in [3.05, 3.63) is 70.5 Å². The van der Waals surface area contributed by atoms with Crippen LogP contribution in [-0.2, 0) is 25.5 Å². The average molecular weight is 394 g/mol. The van der Waals surface area contributed by atoms with Crippen molar-refractivity contribution < 1.29 is 28.2 Å². The van der Waals surface area contributed by atoms with E-state index in [1.807, 2.05) is 6.07 Å². The third-order valence-electron chi connectivity index (χ3n) is 3.59. The summed E-state index contributed by atoms with van der Waals surface area (Å²) in [7, 11) is 1.20. The zero-order valence-electron chi connectivity index (χ0n) is 14.4. The van der Waals surface area contributed by atoms with Crippen molar-refractivity contribution >= 4 is 29.4 Å². The van der Waals surface area contributed by atoms with Crippen LogP contribution in [0.5, 0.6) is 0 Å². The van der Waals surface area contributed by atoms with Crippen LogP contribution >= 0.6 is 11.6 Å². The lowest BCUT2D eigenvalue weighted by Crippen LogP contribution is -2.44. The van der Waals surface area contributed by atoms with Gasteiger partial charge in [-0.2, -0.15) is 0 Å². The smallest absolute Gasteiger partial charge is 0.341 e. The van der Waals surface area contributed by atoms with Gasteiger partial charge < -0.3 is 14.8 Å². The molecular formula is C19H17ClFNO5. The van der Waals surface area contributed by atoms with Gasteiger partial charge in [0.15, 0.2) is 6.61 Å². The highest BCUT2D eigenvalue weighted by Gasteiger charge is 2.23. The number of benzene rings is 2. The van der Waals surface area contributed by atoms with Crippen LogP contribution in [0.15, 0.2) is 48.5 Å². The van der Waals surface area contributed by atoms with Crippen LogP contribution in [0.4, 0.5) is 4.39 Å². The normalized spacial score (nSPS) is 11.4. The highest BCUT2D eigenvalue weighted by Crippen LogP contribution is 2.15. The first-order valence-corrected chi connectivity index (χ1v) is 8.31. The van der Waals surface area contributed by atoms with E-state index < -0.39 is 36.3 Å². The molecule has 6 nitrogen and oxygen atoms in total. The van der Waals surface area contributed by atoms with Crippen LogP contribution in [-0.4, -0.2) is 37.6 Å². The highest BCUT2D eigenvalue weighted by molar-refractivity contribution is 6.30. The van der Waals surface area contributed by atoms with E-state index in [0.29, 0.717) is 0 Å². The number of ether oxygens (including phenoxy) is 2. The molecule has 27 heavy (non-hydrogen) atoms. The predicted molar refractivity (Wildman–Crippen MR) is 95.8 cm³/mol. The first-order valence-electron chi connectivity index (χ1n) is 7.94. The van der Waals surface area contributed by atoms with Crippen LogP contribution in [0.2, 0.25) is 5.02 Å². The molecule has 0 aliphatic carbocycles. The molecule has 0 bridgehead atoms. The lowest BCUT2D eigenvalue weighted by molar-refractivity contribution is -0.145. The second-order valence-corrected chi connectivity index (χ2v) is 5.97. The summed E-state index contributed by atoms with van der Waals surface area (Å²) in [6.45, 7) is -0.687. The van der Waals surface area contributed by atoms with Crippen molar-refractivity contribution in [3.8, 4) is 0 Å². The maximum absolute atomic E-state index is 13.6. The Labute approximate surface area is 160 Å². The number of nitrogens with one attached hydrogen (secondary N) is 1. The molecule has 0 radical (unpaired) electrons. The number of amides is 1. The number of esters is 2. The molecule has 0 fully saturated rings. The van der Waals surface area contributed by atoms with Crippen molar-refractivity contribution in [2.75, 3.05) is 13.7 Å². The molecule has 1 atom stereocenters. The maximum Gasteiger partial charge on any atom is 0.341 e. The average Bonchev–Trinajstić information content (AvgIpc) is 2.67. The highest BCUT2D eigenvalue weighted by atomic mass is 35.5. The summed E-state index contributed by atoms with van der Waals surface area (Å²) in [6, 6.07) is 11.5. The Hall–Kier alpha value is -2.93. The van der Waals surface area contributed by atoms with Crippen molar-refractivity contribution in [2.24, 2.45) is 0 Å². The summed E-state index contributed by atoms with van der Waals surface area (Å²) in [5.74, 6) is -3.22. The topological polar surface area (TPSA) is 81.7 Å². The first kappa shape index (κ1) is 20.4. The molecule has 2 aromatic carbocycles. The number of hydrogen-bond donors (Lipinski definition) is 1. The van der Waals surface area contributed by atoms with E-state index in [4.69, 9.17) is 16.3 Å². The number of methoxy groups -OCH3 is 1. The SMILES string of the molecule is COC(=O)[C@@H](Cc1ccccc1)NC(=O)COC(=O)c1cc(Cl)ccc1F. The van der Waals surface area contributed by atoms with Gasteiger partial charge in [-0.1, -0.05) is 41.9 Å². The molecule has 0 saturated heterocycles. The zero-order chi connectivity index (χ0) is 19.8. The van der Waals surface area contributed by atoms with E-state index in [1.54, 1.807) is 24.3 Å². The molecule has 0 saturated carbocycles. The fraction of sp³-hybridized carbons (Fsp3) is 0.211. The van der Waals surface area contributed by atoms with Gasteiger partial charge in [-0.25, -0.2) is 14.0 Å². The van der Waals surface area contributed by atoms with Crippen LogP contribution in [0.3, 0.4) is 0 Å². The van der Waals surface area contributed by atoms with E-state index in [-0.39, 0.29) is 17.0 Å². The van der Waals surface area contributed by atoms with Crippen molar-refractivity contribution in [3.63, 3.8) is 0 Å². The van der Waals surface area contributed by atoms with E-state index in [9.17, 15) is 18.8 Å². The lowest BCUT2D eigenvalue weighted by atomic mass is 10.1. The second-order valence-electron chi connectivity index (χ2n) is 5.53. The second kappa shape index (κ2) is 9.68. The van der Waals surface area contributed by atoms with E-state index in [2.05, 4.69) is 10.1 Å². The Morgan fingerprint density at radius 2 is 1.85 bits per heavy atom.